The minimum atomic E-state index is -0.0902. The van der Waals surface area contributed by atoms with Crippen molar-refractivity contribution in [3.05, 3.63) is 48.0 Å². The molecule has 0 unspecified atom stereocenters. The fourth-order valence-electron chi connectivity index (χ4n) is 2.24. The number of amides is 1. The van der Waals surface area contributed by atoms with E-state index in [9.17, 15) is 4.79 Å². The van der Waals surface area contributed by atoms with E-state index in [4.69, 9.17) is 11.6 Å². The van der Waals surface area contributed by atoms with Crippen LogP contribution in [0.4, 0.5) is 5.69 Å². The number of carbonyl (C=O) groups excluding carboxylic acids is 1. The number of carbonyl (C=O) groups is 1. The van der Waals surface area contributed by atoms with Crippen molar-refractivity contribution in [3.63, 3.8) is 0 Å². The van der Waals surface area contributed by atoms with Crippen LogP contribution in [0.2, 0.25) is 0 Å². The molecular weight excluding hydrogens is 298 g/mol. The van der Waals surface area contributed by atoms with E-state index in [-0.39, 0.29) is 5.91 Å². The molecule has 22 heavy (non-hydrogen) atoms. The zero-order chi connectivity index (χ0) is 15.5. The molecule has 0 fully saturated rings. The van der Waals surface area contributed by atoms with E-state index in [0.717, 1.165) is 28.1 Å². The number of hydrogen-bond donors (Lipinski definition) is 2. The molecule has 0 aliphatic heterocycles. The number of benzene rings is 2. The normalized spacial score (nSPS) is 10.8. The van der Waals surface area contributed by atoms with Crippen LogP contribution in [0, 0.1) is 6.92 Å². The summed E-state index contributed by atoms with van der Waals surface area (Å²) in [5.74, 6) is 1.04. The Labute approximate surface area is 133 Å². The Morgan fingerprint density at radius 2 is 2.00 bits per heavy atom. The maximum Gasteiger partial charge on any atom is 0.225 e. The van der Waals surface area contributed by atoms with Crippen molar-refractivity contribution in [1.29, 1.82) is 0 Å². The Kier molecular flexibility index (Phi) is 4.11. The molecular formula is C17H16ClN3O. The molecule has 0 radical (unpaired) electrons. The van der Waals surface area contributed by atoms with Crippen molar-refractivity contribution in [2.24, 2.45) is 0 Å². The number of aromatic amines is 1. The molecule has 2 N–H and O–H groups in total. The molecule has 1 heterocycles. The second kappa shape index (κ2) is 6.20. The largest absolute Gasteiger partial charge is 0.338 e. The third kappa shape index (κ3) is 3.12. The first-order chi connectivity index (χ1) is 10.7. The van der Waals surface area contributed by atoms with Crippen LogP contribution in [-0.2, 0) is 4.79 Å². The van der Waals surface area contributed by atoms with Crippen molar-refractivity contribution in [1.82, 2.24) is 9.97 Å². The van der Waals surface area contributed by atoms with Gasteiger partial charge in [-0.05, 0) is 25.1 Å². The van der Waals surface area contributed by atoms with Crippen LogP contribution in [0.25, 0.3) is 22.4 Å². The zero-order valence-corrected chi connectivity index (χ0v) is 12.9. The summed E-state index contributed by atoms with van der Waals surface area (Å²) in [4.78, 5) is 19.5. The molecule has 3 aromatic rings. The van der Waals surface area contributed by atoms with Crippen LogP contribution in [0.3, 0.4) is 0 Å². The second-order valence-electron chi connectivity index (χ2n) is 5.17. The van der Waals surface area contributed by atoms with Gasteiger partial charge < -0.3 is 10.3 Å². The Bertz CT molecular complexity index is 808. The third-order valence-electron chi connectivity index (χ3n) is 3.41. The lowest BCUT2D eigenvalue weighted by Crippen LogP contribution is -2.11. The van der Waals surface area contributed by atoms with Crippen LogP contribution >= 0.6 is 11.6 Å². The first-order valence-electron chi connectivity index (χ1n) is 7.08. The molecule has 0 atom stereocenters. The molecule has 0 spiro atoms. The fraction of sp³-hybridized carbons (Fsp3) is 0.176. The third-order valence-corrected chi connectivity index (χ3v) is 3.60. The Balaban J connectivity index is 1.90. The molecule has 3 rings (SSSR count). The van der Waals surface area contributed by atoms with E-state index in [1.165, 1.54) is 5.56 Å². The predicted octanol–water partition coefficient (Wildman–Crippen LogP) is 4.11. The van der Waals surface area contributed by atoms with E-state index < -0.39 is 0 Å². The van der Waals surface area contributed by atoms with Gasteiger partial charge in [-0.25, -0.2) is 4.98 Å². The van der Waals surface area contributed by atoms with E-state index in [1.807, 2.05) is 30.3 Å². The second-order valence-corrected chi connectivity index (χ2v) is 5.55. The zero-order valence-electron chi connectivity index (χ0n) is 12.2. The highest BCUT2D eigenvalue weighted by Gasteiger charge is 2.07. The predicted molar refractivity (Wildman–Crippen MR) is 90.2 cm³/mol. The molecule has 0 saturated carbocycles. The number of H-pyrrole nitrogens is 1. The van der Waals surface area contributed by atoms with Crippen LogP contribution < -0.4 is 5.32 Å². The number of rotatable bonds is 4. The summed E-state index contributed by atoms with van der Waals surface area (Å²) in [7, 11) is 0. The number of alkyl halides is 1. The number of nitrogens with zero attached hydrogens (tertiary/aromatic N) is 1. The van der Waals surface area contributed by atoms with Gasteiger partial charge in [0.15, 0.2) is 0 Å². The van der Waals surface area contributed by atoms with Crippen LogP contribution in [0.15, 0.2) is 42.5 Å². The highest BCUT2D eigenvalue weighted by Crippen LogP contribution is 2.23. The van der Waals surface area contributed by atoms with E-state index in [2.05, 4.69) is 34.3 Å². The number of halogens is 1. The Morgan fingerprint density at radius 3 is 2.73 bits per heavy atom. The molecule has 5 heteroatoms. The standard InChI is InChI=1S/C17H16ClN3O/c1-11-2-4-12(5-3-11)17-20-14-7-6-13(10-15(14)21-17)19-16(22)8-9-18/h2-7,10H,8-9H2,1H3,(H,19,22)(H,20,21). The summed E-state index contributed by atoms with van der Waals surface area (Å²) >= 11 is 5.56. The number of aromatic nitrogens is 2. The average molecular weight is 314 g/mol. The first kappa shape index (κ1) is 14.6. The Hall–Kier alpha value is -2.33. The minimum Gasteiger partial charge on any atom is -0.338 e. The molecule has 0 aliphatic carbocycles. The quantitative estimate of drug-likeness (QED) is 0.712. The van der Waals surface area contributed by atoms with Gasteiger partial charge in [0.25, 0.3) is 0 Å². The minimum absolute atomic E-state index is 0.0902. The van der Waals surface area contributed by atoms with Gasteiger partial charge in [0.1, 0.15) is 5.82 Å². The summed E-state index contributed by atoms with van der Waals surface area (Å²) in [5.41, 5.74) is 4.74. The molecule has 0 saturated heterocycles. The van der Waals surface area contributed by atoms with Crippen LogP contribution in [0.1, 0.15) is 12.0 Å². The van der Waals surface area contributed by atoms with Crippen molar-refractivity contribution in [2.45, 2.75) is 13.3 Å². The van der Waals surface area contributed by atoms with Gasteiger partial charge in [-0.1, -0.05) is 29.8 Å². The van der Waals surface area contributed by atoms with Gasteiger partial charge in [0.05, 0.1) is 11.0 Å². The molecule has 2 aromatic carbocycles. The van der Waals surface area contributed by atoms with Crippen LogP contribution in [0.5, 0.6) is 0 Å². The number of fused-ring (bicyclic) bond motifs is 1. The van der Waals surface area contributed by atoms with Gasteiger partial charge in [0, 0.05) is 23.6 Å². The monoisotopic (exact) mass is 313 g/mol. The number of anilines is 1. The number of imidazole rings is 1. The summed E-state index contributed by atoms with van der Waals surface area (Å²) in [6, 6.07) is 13.8. The van der Waals surface area contributed by atoms with Gasteiger partial charge in [-0.2, -0.15) is 0 Å². The summed E-state index contributed by atoms with van der Waals surface area (Å²) in [6.07, 6.45) is 0.303. The van der Waals surface area contributed by atoms with Gasteiger partial charge in [-0.15, -0.1) is 11.6 Å². The molecule has 0 aliphatic rings. The first-order valence-corrected chi connectivity index (χ1v) is 7.62. The topological polar surface area (TPSA) is 57.8 Å². The van der Waals surface area contributed by atoms with E-state index >= 15 is 0 Å². The Morgan fingerprint density at radius 1 is 1.23 bits per heavy atom. The van der Waals surface area contributed by atoms with Gasteiger partial charge in [-0.3, -0.25) is 4.79 Å². The van der Waals surface area contributed by atoms with E-state index in [0.29, 0.717) is 12.3 Å². The smallest absolute Gasteiger partial charge is 0.225 e. The molecule has 1 amide bonds. The van der Waals surface area contributed by atoms with Crippen molar-refractivity contribution < 1.29 is 4.79 Å². The van der Waals surface area contributed by atoms with Crippen molar-refractivity contribution in [2.75, 3.05) is 11.2 Å². The van der Waals surface area contributed by atoms with Gasteiger partial charge in [0.2, 0.25) is 5.91 Å². The lowest BCUT2D eigenvalue weighted by Gasteiger charge is -2.03. The number of hydrogen-bond acceptors (Lipinski definition) is 2. The highest BCUT2D eigenvalue weighted by atomic mass is 35.5. The highest BCUT2D eigenvalue weighted by molar-refractivity contribution is 6.19. The van der Waals surface area contributed by atoms with Crippen LogP contribution in [-0.4, -0.2) is 21.8 Å². The van der Waals surface area contributed by atoms with E-state index in [1.54, 1.807) is 0 Å². The fourth-order valence-corrected chi connectivity index (χ4v) is 2.42. The maximum atomic E-state index is 11.6. The number of aryl methyl sites for hydroxylation is 1. The molecule has 112 valence electrons. The summed E-state index contributed by atoms with van der Waals surface area (Å²) < 4.78 is 0. The number of nitrogens with one attached hydrogen (secondary N) is 2. The SMILES string of the molecule is Cc1ccc(-c2nc3ccc(NC(=O)CCCl)cc3[nH]2)cc1. The maximum absolute atomic E-state index is 11.6. The summed E-state index contributed by atoms with van der Waals surface area (Å²) in [6.45, 7) is 2.05. The van der Waals surface area contributed by atoms with Crippen molar-refractivity contribution in [3.8, 4) is 11.4 Å². The lowest BCUT2D eigenvalue weighted by atomic mass is 10.1. The average Bonchev–Trinajstić information content (AvgIpc) is 2.91. The summed E-state index contributed by atoms with van der Waals surface area (Å²) in [5, 5.41) is 2.82. The lowest BCUT2D eigenvalue weighted by molar-refractivity contribution is -0.115. The molecule has 1 aromatic heterocycles. The van der Waals surface area contributed by atoms with Crippen molar-refractivity contribution >= 4 is 34.2 Å². The molecule has 4 nitrogen and oxygen atoms in total. The van der Waals surface area contributed by atoms with Gasteiger partial charge >= 0.3 is 0 Å². The molecule has 0 bridgehead atoms.